The second-order valence-corrected chi connectivity index (χ2v) is 11.7. The summed E-state index contributed by atoms with van der Waals surface area (Å²) in [5, 5.41) is 0. The third-order valence-electron chi connectivity index (χ3n) is 6.43. The number of halogens is 3. The molecule has 0 saturated carbocycles. The standard InChI is InChI=1S/C28H38F3N3O3/c1-15(2)36-26(35)24(37-27(4,5)6)20-16(3)33-25(32)21(17-13-18(29)22(31)19(30)14-17)23(20)34-11-9-28(7,8)10-12-34/h13-15,24H,9-12H2,1-8H3,(H2,32,33)/t24-/m0/s1. The number of aromatic nitrogens is 1. The van der Waals surface area contributed by atoms with Crippen LogP contribution in [-0.2, 0) is 14.3 Å². The van der Waals surface area contributed by atoms with E-state index in [9.17, 15) is 18.0 Å². The molecule has 2 aromatic rings. The first-order valence-corrected chi connectivity index (χ1v) is 12.6. The predicted molar refractivity (Wildman–Crippen MR) is 139 cm³/mol. The second-order valence-electron chi connectivity index (χ2n) is 11.7. The molecular weight excluding hydrogens is 483 g/mol. The highest BCUT2D eigenvalue weighted by atomic mass is 19.2. The molecule has 1 atom stereocenters. The van der Waals surface area contributed by atoms with Crippen LogP contribution in [-0.4, -0.2) is 35.7 Å². The summed E-state index contributed by atoms with van der Waals surface area (Å²) in [6, 6.07) is 1.79. The monoisotopic (exact) mass is 521 g/mol. The summed E-state index contributed by atoms with van der Waals surface area (Å²) < 4.78 is 54.4. The van der Waals surface area contributed by atoms with E-state index in [1.54, 1.807) is 20.8 Å². The Balaban J connectivity index is 2.36. The van der Waals surface area contributed by atoms with E-state index in [-0.39, 0.29) is 22.4 Å². The first kappa shape index (κ1) is 28.8. The highest BCUT2D eigenvalue weighted by molar-refractivity contribution is 5.92. The first-order valence-electron chi connectivity index (χ1n) is 12.6. The Kier molecular flexibility index (Phi) is 8.17. The maximum atomic E-state index is 14.4. The first-order chi connectivity index (χ1) is 17.0. The number of esters is 1. The van der Waals surface area contributed by atoms with Crippen molar-refractivity contribution in [2.45, 2.75) is 86.0 Å². The number of aryl methyl sites for hydroxylation is 1. The molecule has 0 bridgehead atoms. The molecule has 1 fully saturated rings. The van der Waals surface area contributed by atoms with E-state index in [1.165, 1.54) is 0 Å². The number of pyridine rings is 1. The van der Waals surface area contributed by atoms with Crippen molar-refractivity contribution in [1.82, 2.24) is 4.98 Å². The summed E-state index contributed by atoms with van der Waals surface area (Å²) >= 11 is 0. The number of ether oxygens (including phenoxy) is 2. The zero-order valence-corrected chi connectivity index (χ0v) is 23.0. The zero-order chi connectivity index (χ0) is 27.9. The number of hydrogen-bond acceptors (Lipinski definition) is 6. The van der Waals surface area contributed by atoms with Crippen LogP contribution in [0.3, 0.4) is 0 Å². The van der Waals surface area contributed by atoms with Gasteiger partial charge in [0.1, 0.15) is 5.82 Å². The van der Waals surface area contributed by atoms with Crippen molar-refractivity contribution in [2.75, 3.05) is 23.7 Å². The lowest BCUT2D eigenvalue weighted by Gasteiger charge is -2.41. The number of nitrogens with two attached hydrogens (primary N) is 1. The van der Waals surface area contributed by atoms with E-state index >= 15 is 0 Å². The van der Waals surface area contributed by atoms with Crippen molar-refractivity contribution in [3.8, 4) is 11.1 Å². The van der Waals surface area contributed by atoms with E-state index in [2.05, 4.69) is 18.8 Å². The molecule has 204 valence electrons. The lowest BCUT2D eigenvalue weighted by atomic mass is 9.82. The zero-order valence-electron chi connectivity index (χ0n) is 23.0. The highest BCUT2D eigenvalue weighted by Crippen LogP contribution is 2.46. The number of carbonyl (C=O) groups is 1. The highest BCUT2D eigenvalue weighted by Gasteiger charge is 2.38. The van der Waals surface area contributed by atoms with Crippen LogP contribution < -0.4 is 10.6 Å². The molecule has 0 radical (unpaired) electrons. The van der Waals surface area contributed by atoms with Gasteiger partial charge in [0.15, 0.2) is 23.6 Å². The minimum absolute atomic E-state index is 0.0122. The smallest absolute Gasteiger partial charge is 0.340 e. The Bertz CT molecular complexity index is 1140. The average molecular weight is 522 g/mol. The molecule has 2 heterocycles. The molecule has 2 N–H and O–H groups in total. The van der Waals surface area contributed by atoms with Crippen molar-refractivity contribution >= 4 is 17.5 Å². The maximum Gasteiger partial charge on any atom is 0.340 e. The van der Waals surface area contributed by atoms with Crippen LogP contribution in [0.5, 0.6) is 0 Å². The van der Waals surface area contributed by atoms with Gasteiger partial charge in [-0.2, -0.15) is 0 Å². The fourth-order valence-corrected chi connectivity index (χ4v) is 4.56. The molecular formula is C28H38F3N3O3. The molecule has 1 saturated heterocycles. The second kappa shape index (κ2) is 10.5. The van der Waals surface area contributed by atoms with Crippen LogP contribution in [0.1, 0.15) is 78.7 Å². The molecule has 0 unspecified atom stereocenters. The average Bonchev–Trinajstić information content (AvgIpc) is 2.74. The van der Waals surface area contributed by atoms with Crippen LogP contribution in [0.4, 0.5) is 24.7 Å². The van der Waals surface area contributed by atoms with Gasteiger partial charge in [-0.25, -0.2) is 22.9 Å². The lowest BCUT2D eigenvalue weighted by Crippen LogP contribution is -2.39. The molecule has 3 rings (SSSR count). The van der Waals surface area contributed by atoms with Gasteiger partial charge in [0.25, 0.3) is 0 Å². The van der Waals surface area contributed by atoms with Crippen LogP contribution in [0.15, 0.2) is 12.1 Å². The number of piperidine rings is 1. The van der Waals surface area contributed by atoms with Gasteiger partial charge in [-0.15, -0.1) is 0 Å². The van der Waals surface area contributed by atoms with Crippen molar-refractivity contribution in [1.29, 1.82) is 0 Å². The van der Waals surface area contributed by atoms with Crippen molar-refractivity contribution in [2.24, 2.45) is 5.41 Å². The molecule has 1 aliphatic heterocycles. The normalized spacial score (nSPS) is 16.7. The van der Waals surface area contributed by atoms with E-state index in [0.29, 0.717) is 30.0 Å². The molecule has 0 spiro atoms. The molecule has 1 aromatic heterocycles. The summed E-state index contributed by atoms with van der Waals surface area (Å²) in [5.74, 6) is -4.86. The number of hydrogen-bond donors (Lipinski definition) is 1. The third kappa shape index (κ3) is 6.55. The number of nitrogen functional groups attached to an aromatic ring is 1. The topological polar surface area (TPSA) is 77.7 Å². The van der Waals surface area contributed by atoms with Crippen LogP contribution in [0.2, 0.25) is 0 Å². The van der Waals surface area contributed by atoms with Gasteiger partial charge in [0.05, 0.1) is 17.4 Å². The van der Waals surface area contributed by atoms with E-state index in [1.807, 2.05) is 25.7 Å². The number of rotatable bonds is 6. The molecule has 37 heavy (non-hydrogen) atoms. The Morgan fingerprint density at radius 1 is 1.11 bits per heavy atom. The van der Waals surface area contributed by atoms with Crippen LogP contribution >= 0.6 is 0 Å². The van der Waals surface area contributed by atoms with E-state index in [0.717, 1.165) is 25.0 Å². The summed E-state index contributed by atoms with van der Waals surface area (Å²) in [6.07, 6.45) is 0.0788. The third-order valence-corrected chi connectivity index (χ3v) is 6.43. The van der Waals surface area contributed by atoms with Gasteiger partial charge >= 0.3 is 5.97 Å². The molecule has 0 amide bonds. The Morgan fingerprint density at radius 2 is 1.65 bits per heavy atom. The maximum absolute atomic E-state index is 14.4. The summed E-state index contributed by atoms with van der Waals surface area (Å²) in [6.45, 7) is 16.2. The Labute approximate surface area is 217 Å². The fourth-order valence-electron chi connectivity index (χ4n) is 4.56. The van der Waals surface area contributed by atoms with Gasteiger partial charge in [0.2, 0.25) is 0 Å². The summed E-state index contributed by atoms with van der Waals surface area (Å²) in [4.78, 5) is 19.9. The molecule has 9 heteroatoms. The van der Waals surface area contributed by atoms with Crippen molar-refractivity contribution in [3.63, 3.8) is 0 Å². The van der Waals surface area contributed by atoms with Gasteiger partial charge in [-0.05, 0) is 77.5 Å². The minimum Gasteiger partial charge on any atom is -0.461 e. The fraction of sp³-hybridized carbons (Fsp3) is 0.571. The minimum atomic E-state index is -1.57. The lowest BCUT2D eigenvalue weighted by molar-refractivity contribution is -0.171. The van der Waals surface area contributed by atoms with E-state index in [4.69, 9.17) is 15.2 Å². The van der Waals surface area contributed by atoms with Crippen molar-refractivity contribution < 1.29 is 27.4 Å². The number of nitrogens with zero attached hydrogens (tertiary/aromatic N) is 2. The van der Waals surface area contributed by atoms with Crippen LogP contribution in [0.25, 0.3) is 11.1 Å². The van der Waals surface area contributed by atoms with Gasteiger partial charge < -0.3 is 20.1 Å². The number of anilines is 2. The predicted octanol–water partition coefficient (Wildman–Crippen LogP) is 6.49. The van der Waals surface area contributed by atoms with Gasteiger partial charge in [0, 0.05) is 29.9 Å². The Hall–Kier alpha value is -2.81. The molecule has 1 aliphatic rings. The summed E-state index contributed by atoms with van der Waals surface area (Å²) in [7, 11) is 0. The molecule has 6 nitrogen and oxygen atoms in total. The quantitative estimate of drug-likeness (QED) is 0.346. The largest absolute Gasteiger partial charge is 0.461 e. The van der Waals surface area contributed by atoms with Gasteiger partial charge in [-0.3, -0.25) is 0 Å². The van der Waals surface area contributed by atoms with E-state index < -0.39 is 41.2 Å². The number of carbonyl (C=O) groups excluding carboxylic acids is 1. The number of benzene rings is 1. The van der Waals surface area contributed by atoms with Crippen molar-refractivity contribution in [3.05, 3.63) is 40.8 Å². The summed E-state index contributed by atoms with van der Waals surface area (Å²) in [5.41, 5.74) is 7.29. The van der Waals surface area contributed by atoms with Crippen LogP contribution in [0, 0.1) is 29.8 Å². The molecule has 0 aliphatic carbocycles. The Morgan fingerprint density at radius 3 is 2.14 bits per heavy atom. The van der Waals surface area contributed by atoms with Gasteiger partial charge in [-0.1, -0.05) is 13.8 Å². The molecule has 1 aromatic carbocycles. The SMILES string of the molecule is Cc1nc(N)c(-c2cc(F)c(F)c(F)c2)c(N2CCC(C)(C)CC2)c1[C@H](OC(C)(C)C)C(=O)OC(C)C.